The molecule has 0 aliphatic carbocycles. The average Bonchev–Trinajstić information content (AvgIpc) is 2.40. The summed E-state index contributed by atoms with van der Waals surface area (Å²) in [7, 11) is 0. The number of nitrogens with zero attached hydrogens (tertiary/aromatic N) is 1. The maximum absolute atomic E-state index is 10.3. The molecule has 2 rings (SSSR count). The van der Waals surface area contributed by atoms with Gasteiger partial charge in [-0.1, -0.05) is 49.2 Å². The van der Waals surface area contributed by atoms with Crippen LogP contribution in [0, 0.1) is 0 Å². The van der Waals surface area contributed by atoms with Crippen LogP contribution in [0.2, 0.25) is 5.02 Å². The van der Waals surface area contributed by atoms with Crippen molar-refractivity contribution in [1.29, 1.82) is 0 Å². The van der Waals surface area contributed by atoms with Crippen molar-refractivity contribution in [1.82, 2.24) is 4.98 Å². The normalized spacial score (nSPS) is 12.4. The zero-order valence-electron chi connectivity index (χ0n) is 10.3. The van der Waals surface area contributed by atoms with E-state index >= 15 is 0 Å². The van der Waals surface area contributed by atoms with Crippen LogP contribution in [-0.4, -0.2) is 10.1 Å². The van der Waals surface area contributed by atoms with Crippen molar-refractivity contribution < 1.29 is 5.11 Å². The van der Waals surface area contributed by atoms with E-state index in [1.807, 2.05) is 12.1 Å². The third kappa shape index (κ3) is 2.89. The maximum Gasteiger partial charge on any atom is 0.106 e. The van der Waals surface area contributed by atoms with Gasteiger partial charge in [0, 0.05) is 18.0 Å². The van der Waals surface area contributed by atoms with E-state index in [1.165, 1.54) is 5.56 Å². The first-order valence-corrected chi connectivity index (χ1v) is 6.46. The highest BCUT2D eigenvalue weighted by atomic mass is 35.5. The van der Waals surface area contributed by atoms with Gasteiger partial charge in [-0.05, 0) is 23.6 Å². The Balaban J connectivity index is 2.23. The molecule has 1 aromatic carbocycles. The zero-order chi connectivity index (χ0) is 13.0. The predicted molar refractivity (Wildman–Crippen MR) is 73.7 cm³/mol. The molecule has 0 aliphatic rings. The summed E-state index contributed by atoms with van der Waals surface area (Å²) in [6, 6.07) is 9.75. The third-order valence-electron chi connectivity index (χ3n) is 2.93. The van der Waals surface area contributed by atoms with E-state index in [9.17, 15) is 5.11 Å². The van der Waals surface area contributed by atoms with Gasteiger partial charge in [0.15, 0.2) is 0 Å². The summed E-state index contributed by atoms with van der Waals surface area (Å²) in [5, 5.41) is 10.8. The predicted octanol–water partition coefficient (Wildman–Crippen LogP) is 3.77. The largest absolute Gasteiger partial charge is 0.384 e. The number of benzene rings is 1. The Morgan fingerprint density at radius 3 is 2.56 bits per heavy atom. The van der Waals surface area contributed by atoms with Crippen molar-refractivity contribution in [2.24, 2.45) is 0 Å². The van der Waals surface area contributed by atoms with E-state index < -0.39 is 6.10 Å². The van der Waals surface area contributed by atoms with Crippen LogP contribution >= 0.6 is 11.6 Å². The Morgan fingerprint density at radius 2 is 1.94 bits per heavy atom. The second-order valence-corrected chi connectivity index (χ2v) is 4.70. The SMILES string of the molecule is CCCc1ccc(C(O)c2ccncc2Cl)cc1. The van der Waals surface area contributed by atoms with Gasteiger partial charge in [-0.25, -0.2) is 0 Å². The standard InChI is InChI=1S/C15H16ClNO/c1-2-3-11-4-6-12(7-5-11)15(18)13-8-9-17-10-14(13)16/h4-10,15,18H,2-3H2,1H3. The molecule has 1 unspecified atom stereocenters. The number of aliphatic hydroxyl groups excluding tert-OH is 1. The van der Waals surface area contributed by atoms with E-state index in [0.29, 0.717) is 10.6 Å². The molecule has 0 saturated heterocycles. The molecule has 1 aromatic heterocycles. The van der Waals surface area contributed by atoms with Crippen LogP contribution in [0.25, 0.3) is 0 Å². The first-order valence-electron chi connectivity index (χ1n) is 6.08. The summed E-state index contributed by atoms with van der Waals surface area (Å²) in [6.45, 7) is 2.15. The molecule has 1 heterocycles. The summed E-state index contributed by atoms with van der Waals surface area (Å²) >= 11 is 6.03. The molecule has 0 radical (unpaired) electrons. The fourth-order valence-corrected chi connectivity index (χ4v) is 2.17. The molecule has 0 bridgehead atoms. The molecule has 1 atom stereocenters. The lowest BCUT2D eigenvalue weighted by atomic mass is 10.00. The first kappa shape index (κ1) is 13.1. The van der Waals surface area contributed by atoms with Crippen molar-refractivity contribution in [3.8, 4) is 0 Å². The van der Waals surface area contributed by atoms with E-state index in [2.05, 4.69) is 24.0 Å². The van der Waals surface area contributed by atoms with Gasteiger partial charge in [0.05, 0.1) is 5.02 Å². The lowest BCUT2D eigenvalue weighted by Crippen LogP contribution is -2.01. The molecular weight excluding hydrogens is 246 g/mol. The highest BCUT2D eigenvalue weighted by Crippen LogP contribution is 2.27. The Bertz CT molecular complexity index is 510. The van der Waals surface area contributed by atoms with Gasteiger partial charge in [-0.3, -0.25) is 4.98 Å². The Hall–Kier alpha value is -1.38. The number of hydrogen-bond donors (Lipinski definition) is 1. The highest BCUT2D eigenvalue weighted by molar-refractivity contribution is 6.31. The molecule has 2 nitrogen and oxygen atoms in total. The van der Waals surface area contributed by atoms with Gasteiger partial charge >= 0.3 is 0 Å². The van der Waals surface area contributed by atoms with Gasteiger partial charge in [0.1, 0.15) is 6.10 Å². The van der Waals surface area contributed by atoms with Crippen molar-refractivity contribution in [2.45, 2.75) is 25.9 Å². The summed E-state index contributed by atoms with van der Waals surface area (Å²) in [5.74, 6) is 0. The van der Waals surface area contributed by atoms with Crippen LogP contribution in [0.15, 0.2) is 42.7 Å². The lowest BCUT2D eigenvalue weighted by Gasteiger charge is -2.13. The number of hydrogen-bond acceptors (Lipinski definition) is 2. The van der Waals surface area contributed by atoms with Gasteiger partial charge < -0.3 is 5.11 Å². The second kappa shape index (κ2) is 5.98. The van der Waals surface area contributed by atoms with Crippen LogP contribution < -0.4 is 0 Å². The second-order valence-electron chi connectivity index (χ2n) is 4.29. The number of halogens is 1. The Kier molecular flexibility index (Phi) is 4.34. The zero-order valence-corrected chi connectivity index (χ0v) is 11.1. The summed E-state index contributed by atoms with van der Waals surface area (Å²) in [4.78, 5) is 3.92. The van der Waals surface area contributed by atoms with Crippen molar-refractivity contribution in [3.63, 3.8) is 0 Å². The number of pyridine rings is 1. The topological polar surface area (TPSA) is 33.1 Å². The van der Waals surface area contributed by atoms with Crippen LogP contribution in [0.5, 0.6) is 0 Å². The fraction of sp³-hybridized carbons (Fsp3) is 0.267. The van der Waals surface area contributed by atoms with E-state index in [0.717, 1.165) is 18.4 Å². The molecule has 3 heteroatoms. The van der Waals surface area contributed by atoms with Crippen LogP contribution in [0.3, 0.4) is 0 Å². The minimum absolute atomic E-state index is 0.489. The minimum Gasteiger partial charge on any atom is -0.384 e. The molecule has 0 saturated carbocycles. The molecule has 0 aliphatic heterocycles. The Morgan fingerprint density at radius 1 is 1.22 bits per heavy atom. The van der Waals surface area contributed by atoms with Crippen LogP contribution in [0.1, 0.15) is 36.1 Å². The molecule has 0 fully saturated rings. The molecule has 0 amide bonds. The summed E-state index contributed by atoms with van der Waals surface area (Å²) in [5.41, 5.74) is 2.83. The third-order valence-corrected chi connectivity index (χ3v) is 3.25. The first-order chi connectivity index (χ1) is 8.72. The quantitative estimate of drug-likeness (QED) is 0.909. The molecular formula is C15H16ClNO. The molecule has 18 heavy (non-hydrogen) atoms. The Labute approximate surface area is 112 Å². The minimum atomic E-state index is -0.698. The number of rotatable bonds is 4. The number of aromatic nitrogens is 1. The van der Waals surface area contributed by atoms with Crippen LogP contribution in [-0.2, 0) is 6.42 Å². The fourth-order valence-electron chi connectivity index (χ4n) is 1.94. The van der Waals surface area contributed by atoms with Crippen molar-refractivity contribution in [3.05, 3.63) is 64.4 Å². The van der Waals surface area contributed by atoms with Crippen LogP contribution in [0.4, 0.5) is 0 Å². The van der Waals surface area contributed by atoms with Gasteiger partial charge in [0.2, 0.25) is 0 Å². The smallest absolute Gasteiger partial charge is 0.106 e. The molecule has 1 N–H and O–H groups in total. The summed E-state index contributed by atoms with van der Waals surface area (Å²) in [6.07, 6.45) is 4.67. The average molecular weight is 262 g/mol. The van der Waals surface area contributed by atoms with Crippen molar-refractivity contribution >= 4 is 11.6 Å². The number of aryl methyl sites for hydroxylation is 1. The van der Waals surface area contributed by atoms with Crippen molar-refractivity contribution in [2.75, 3.05) is 0 Å². The number of aliphatic hydroxyl groups is 1. The van der Waals surface area contributed by atoms with E-state index in [4.69, 9.17) is 11.6 Å². The summed E-state index contributed by atoms with van der Waals surface area (Å²) < 4.78 is 0. The van der Waals surface area contributed by atoms with Gasteiger partial charge in [0.25, 0.3) is 0 Å². The molecule has 94 valence electrons. The maximum atomic E-state index is 10.3. The van der Waals surface area contributed by atoms with Gasteiger partial charge in [-0.2, -0.15) is 0 Å². The highest BCUT2D eigenvalue weighted by Gasteiger charge is 2.13. The van der Waals surface area contributed by atoms with E-state index in [-0.39, 0.29) is 0 Å². The lowest BCUT2D eigenvalue weighted by molar-refractivity contribution is 0.220. The van der Waals surface area contributed by atoms with Gasteiger partial charge in [-0.15, -0.1) is 0 Å². The monoisotopic (exact) mass is 261 g/mol. The molecule has 2 aromatic rings. The van der Waals surface area contributed by atoms with E-state index in [1.54, 1.807) is 18.5 Å². The molecule has 0 spiro atoms.